The maximum absolute atomic E-state index is 12.2. The summed E-state index contributed by atoms with van der Waals surface area (Å²) in [4.78, 5) is 0. The molecule has 0 saturated carbocycles. The van der Waals surface area contributed by atoms with Crippen LogP contribution in [0, 0.1) is 20.8 Å². The molecule has 16 heavy (non-hydrogen) atoms. The number of nitriles is 1. The van der Waals surface area contributed by atoms with Crippen LogP contribution >= 0.6 is 22.6 Å². The van der Waals surface area contributed by atoms with E-state index >= 15 is 0 Å². The second-order valence-corrected chi connectivity index (χ2v) is 4.36. The predicted octanol–water partition coefficient (Wildman–Crippen LogP) is 3.41. The molecule has 1 atom stereocenters. The molecule has 0 aliphatic rings. The summed E-state index contributed by atoms with van der Waals surface area (Å²) < 4.78 is 37.6. The number of hydrogen-bond donors (Lipinski definition) is 1. The van der Waals surface area contributed by atoms with Crippen LogP contribution < -0.4 is 5.32 Å². The van der Waals surface area contributed by atoms with E-state index in [9.17, 15) is 13.2 Å². The molecular weight excluding hydrogens is 332 g/mol. The highest BCUT2D eigenvalue weighted by atomic mass is 127. The highest BCUT2D eigenvalue weighted by Gasteiger charge is 2.39. The molecule has 0 amide bonds. The van der Waals surface area contributed by atoms with Crippen LogP contribution in [-0.4, -0.2) is 12.7 Å². The minimum absolute atomic E-state index is 0.430. The van der Waals surface area contributed by atoms with Crippen LogP contribution in [0.3, 0.4) is 0 Å². The summed E-state index contributed by atoms with van der Waals surface area (Å²) in [6.07, 6.45) is -4.48. The van der Waals surface area contributed by atoms with Gasteiger partial charge in [-0.3, -0.25) is 0 Å². The number of anilines is 1. The van der Waals surface area contributed by atoms with Crippen molar-refractivity contribution in [2.45, 2.75) is 6.18 Å². The Labute approximate surface area is 105 Å². The molecule has 0 heterocycles. The fourth-order valence-corrected chi connectivity index (χ4v) is 1.60. The number of rotatable bonds is 3. The average molecular weight is 340 g/mol. The van der Waals surface area contributed by atoms with Gasteiger partial charge in [0.2, 0.25) is 0 Å². The van der Waals surface area contributed by atoms with E-state index in [-0.39, 0.29) is 0 Å². The number of nitrogens with zero attached hydrogens (tertiary/aromatic N) is 1. The SMILES string of the molecule is N#CC(CNc1cccc(I)c1)C(F)(F)F. The number of benzene rings is 1. The van der Waals surface area contributed by atoms with Crippen LogP contribution in [0.5, 0.6) is 0 Å². The number of hydrogen-bond acceptors (Lipinski definition) is 2. The normalized spacial score (nSPS) is 12.9. The smallest absolute Gasteiger partial charge is 0.383 e. The Bertz CT molecular complexity index is 398. The lowest BCUT2D eigenvalue weighted by atomic mass is 10.1. The molecule has 0 saturated heterocycles. The van der Waals surface area contributed by atoms with Crippen molar-refractivity contribution < 1.29 is 13.2 Å². The van der Waals surface area contributed by atoms with E-state index in [1.165, 1.54) is 6.07 Å². The standard InChI is InChI=1S/C10H8F3IN2/c11-10(12,13)7(5-15)6-16-9-3-1-2-8(14)4-9/h1-4,7,16H,6H2. The lowest BCUT2D eigenvalue weighted by molar-refractivity contribution is -0.155. The molecule has 1 rings (SSSR count). The maximum atomic E-state index is 12.2. The maximum Gasteiger partial charge on any atom is 0.406 e. The van der Waals surface area contributed by atoms with Crippen LogP contribution in [0.15, 0.2) is 24.3 Å². The average Bonchev–Trinajstić information content (AvgIpc) is 2.16. The molecule has 6 heteroatoms. The van der Waals surface area contributed by atoms with Gasteiger partial charge in [-0.1, -0.05) is 6.07 Å². The van der Waals surface area contributed by atoms with Crippen LogP contribution in [0.1, 0.15) is 0 Å². The fourth-order valence-electron chi connectivity index (χ4n) is 1.05. The summed E-state index contributed by atoms with van der Waals surface area (Å²) in [7, 11) is 0. The minimum atomic E-state index is -4.48. The molecule has 2 nitrogen and oxygen atoms in total. The van der Waals surface area contributed by atoms with Crippen LogP contribution in [-0.2, 0) is 0 Å². The third-order valence-electron chi connectivity index (χ3n) is 1.89. The number of alkyl halides is 3. The number of halogens is 4. The molecule has 1 aromatic rings. The third-order valence-corrected chi connectivity index (χ3v) is 2.56. The zero-order chi connectivity index (χ0) is 12.2. The van der Waals surface area contributed by atoms with Crippen LogP contribution in [0.2, 0.25) is 0 Å². The summed E-state index contributed by atoms with van der Waals surface area (Å²) in [6, 6.07) is 8.18. The first-order valence-electron chi connectivity index (χ1n) is 4.39. The van der Waals surface area contributed by atoms with Crippen LogP contribution in [0.4, 0.5) is 18.9 Å². The molecule has 86 valence electrons. The quantitative estimate of drug-likeness (QED) is 0.856. The Kier molecular flexibility index (Phi) is 4.41. The molecule has 0 spiro atoms. The Hall–Kier alpha value is -0.970. The van der Waals surface area contributed by atoms with Crippen molar-refractivity contribution in [3.05, 3.63) is 27.8 Å². The zero-order valence-electron chi connectivity index (χ0n) is 8.05. The van der Waals surface area contributed by atoms with E-state index in [0.717, 1.165) is 3.57 Å². The lowest BCUT2D eigenvalue weighted by Gasteiger charge is -2.14. The minimum Gasteiger partial charge on any atom is -0.383 e. The molecule has 1 N–H and O–H groups in total. The molecule has 1 unspecified atom stereocenters. The van der Waals surface area contributed by atoms with Crippen molar-refractivity contribution in [2.75, 3.05) is 11.9 Å². The van der Waals surface area contributed by atoms with Gasteiger partial charge in [0, 0.05) is 15.8 Å². The van der Waals surface area contributed by atoms with Gasteiger partial charge in [-0.15, -0.1) is 0 Å². The third kappa shape index (κ3) is 3.89. The van der Waals surface area contributed by atoms with E-state index in [1.54, 1.807) is 18.2 Å². The van der Waals surface area contributed by atoms with Gasteiger partial charge in [0.1, 0.15) is 0 Å². The first-order chi connectivity index (χ1) is 7.43. The molecule has 0 fully saturated rings. The molecular formula is C10H8F3IN2. The van der Waals surface area contributed by atoms with Crippen molar-refractivity contribution in [3.8, 4) is 6.07 Å². The second kappa shape index (κ2) is 5.39. The molecule has 0 aliphatic heterocycles. The Morgan fingerprint density at radius 2 is 2.12 bits per heavy atom. The largest absolute Gasteiger partial charge is 0.406 e. The Balaban J connectivity index is 2.61. The van der Waals surface area contributed by atoms with E-state index in [1.807, 2.05) is 6.07 Å². The molecule has 0 aromatic heterocycles. The number of nitrogens with one attached hydrogen (secondary N) is 1. The van der Waals surface area contributed by atoms with Gasteiger partial charge in [-0.05, 0) is 40.8 Å². The van der Waals surface area contributed by atoms with Gasteiger partial charge in [0.25, 0.3) is 0 Å². The van der Waals surface area contributed by atoms with Gasteiger partial charge in [0.05, 0.1) is 6.07 Å². The van der Waals surface area contributed by atoms with E-state index < -0.39 is 18.6 Å². The van der Waals surface area contributed by atoms with Crippen molar-refractivity contribution in [1.29, 1.82) is 5.26 Å². The Morgan fingerprint density at radius 1 is 1.44 bits per heavy atom. The summed E-state index contributed by atoms with van der Waals surface area (Å²) >= 11 is 2.06. The van der Waals surface area contributed by atoms with Crippen molar-refractivity contribution in [3.63, 3.8) is 0 Å². The highest BCUT2D eigenvalue weighted by Crippen LogP contribution is 2.26. The van der Waals surface area contributed by atoms with Crippen molar-refractivity contribution in [1.82, 2.24) is 0 Å². The van der Waals surface area contributed by atoms with E-state index in [2.05, 4.69) is 27.9 Å². The monoisotopic (exact) mass is 340 g/mol. The predicted molar refractivity (Wildman–Crippen MR) is 62.8 cm³/mol. The van der Waals surface area contributed by atoms with Crippen LogP contribution in [0.25, 0.3) is 0 Å². The lowest BCUT2D eigenvalue weighted by Crippen LogP contribution is -2.28. The van der Waals surface area contributed by atoms with Crippen molar-refractivity contribution >= 4 is 28.3 Å². The topological polar surface area (TPSA) is 35.8 Å². The molecule has 0 aliphatic carbocycles. The Morgan fingerprint density at radius 3 is 2.62 bits per heavy atom. The summed E-state index contributed by atoms with van der Waals surface area (Å²) in [5.41, 5.74) is 0.580. The van der Waals surface area contributed by atoms with Gasteiger partial charge in [-0.25, -0.2) is 0 Å². The van der Waals surface area contributed by atoms with Gasteiger partial charge >= 0.3 is 6.18 Å². The molecule has 1 aromatic carbocycles. The summed E-state index contributed by atoms with van der Waals surface area (Å²) in [6.45, 7) is -0.430. The highest BCUT2D eigenvalue weighted by molar-refractivity contribution is 14.1. The van der Waals surface area contributed by atoms with E-state index in [0.29, 0.717) is 5.69 Å². The summed E-state index contributed by atoms with van der Waals surface area (Å²) in [5, 5.41) is 11.0. The molecule has 0 bridgehead atoms. The van der Waals surface area contributed by atoms with Crippen molar-refractivity contribution in [2.24, 2.45) is 5.92 Å². The zero-order valence-corrected chi connectivity index (χ0v) is 10.2. The first-order valence-corrected chi connectivity index (χ1v) is 5.47. The summed E-state index contributed by atoms with van der Waals surface area (Å²) in [5.74, 6) is -1.98. The van der Waals surface area contributed by atoms with Gasteiger partial charge < -0.3 is 5.32 Å². The van der Waals surface area contributed by atoms with E-state index in [4.69, 9.17) is 5.26 Å². The first kappa shape index (κ1) is 13.1. The fraction of sp³-hybridized carbons (Fsp3) is 0.300. The van der Waals surface area contributed by atoms with Gasteiger partial charge in [-0.2, -0.15) is 18.4 Å². The molecule has 0 radical (unpaired) electrons. The van der Waals surface area contributed by atoms with Gasteiger partial charge in [0.15, 0.2) is 5.92 Å². The second-order valence-electron chi connectivity index (χ2n) is 3.11.